The molecular formula is C16H15NO4. The lowest BCUT2D eigenvalue weighted by Gasteiger charge is -2.15. The summed E-state index contributed by atoms with van der Waals surface area (Å²) in [6.45, 7) is 2.08. The predicted molar refractivity (Wildman–Crippen MR) is 76.6 cm³/mol. The summed E-state index contributed by atoms with van der Waals surface area (Å²) in [7, 11) is 0. The van der Waals surface area contributed by atoms with Crippen LogP contribution in [0.4, 0.5) is 5.69 Å². The Morgan fingerprint density at radius 3 is 2.71 bits per heavy atom. The lowest BCUT2D eigenvalue weighted by molar-refractivity contribution is -0.138. The summed E-state index contributed by atoms with van der Waals surface area (Å²) in [5.74, 6) is -0.934. The van der Waals surface area contributed by atoms with Gasteiger partial charge in [0.15, 0.2) is 5.76 Å². The number of aliphatic carboxylic acids is 1. The Kier molecular flexibility index (Phi) is 3.25. The standard InChI is InChI=1S/C16H15NO4/c1-2-10-7-8-14(21-10)15(18)17-9-12(16(19)20)11-5-3-4-6-13(11)17/h3-8,12H,2,9H2,1H3,(H,19,20)/t12-/m1/s1. The molecule has 0 spiro atoms. The second-order valence-electron chi connectivity index (χ2n) is 4.98. The zero-order valence-corrected chi connectivity index (χ0v) is 11.6. The number of anilines is 1. The van der Waals surface area contributed by atoms with Crippen LogP contribution < -0.4 is 4.90 Å². The number of hydrogen-bond donors (Lipinski definition) is 1. The molecule has 5 nitrogen and oxygen atoms in total. The van der Waals surface area contributed by atoms with Crippen LogP contribution in [-0.2, 0) is 11.2 Å². The molecule has 0 bridgehead atoms. The van der Waals surface area contributed by atoms with E-state index in [4.69, 9.17) is 4.42 Å². The summed E-state index contributed by atoms with van der Waals surface area (Å²) in [5.41, 5.74) is 1.31. The minimum absolute atomic E-state index is 0.135. The fraction of sp³-hybridized carbons (Fsp3) is 0.250. The van der Waals surface area contributed by atoms with E-state index >= 15 is 0 Å². The number of aryl methyl sites for hydroxylation is 1. The van der Waals surface area contributed by atoms with Crippen molar-refractivity contribution in [2.45, 2.75) is 19.3 Å². The van der Waals surface area contributed by atoms with Crippen molar-refractivity contribution >= 4 is 17.6 Å². The smallest absolute Gasteiger partial charge is 0.312 e. The van der Waals surface area contributed by atoms with E-state index in [2.05, 4.69) is 0 Å². The Morgan fingerprint density at radius 2 is 2.05 bits per heavy atom. The van der Waals surface area contributed by atoms with E-state index in [-0.39, 0.29) is 18.2 Å². The van der Waals surface area contributed by atoms with Crippen molar-refractivity contribution in [2.24, 2.45) is 0 Å². The lowest BCUT2D eigenvalue weighted by Crippen LogP contribution is -2.30. The molecule has 21 heavy (non-hydrogen) atoms. The molecule has 2 aromatic rings. The maximum absolute atomic E-state index is 12.5. The first-order valence-electron chi connectivity index (χ1n) is 6.84. The molecule has 0 fully saturated rings. The lowest BCUT2D eigenvalue weighted by atomic mass is 10.0. The number of amides is 1. The van der Waals surface area contributed by atoms with Crippen LogP contribution in [0.3, 0.4) is 0 Å². The summed E-state index contributed by atoms with van der Waals surface area (Å²) in [4.78, 5) is 25.4. The highest BCUT2D eigenvalue weighted by molar-refractivity contribution is 6.07. The fourth-order valence-corrected chi connectivity index (χ4v) is 2.63. The van der Waals surface area contributed by atoms with Gasteiger partial charge in [0.1, 0.15) is 11.7 Å². The van der Waals surface area contributed by atoms with Crippen molar-refractivity contribution in [3.05, 3.63) is 53.5 Å². The van der Waals surface area contributed by atoms with Gasteiger partial charge in [-0.05, 0) is 23.8 Å². The molecular weight excluding hydrogens is 270 g/mol. The zero-order chi connectivity index (χ0) is 15.0. The first kappa shape index (κ1) is 13.4. The van der Waals surface area contributed by atoms with E-state index in [1.807, 2.05) is 6.92 Å². The molecule has 1 aliphatic rings. The molecule has 1 aromatic heterocycles. The molecule has 1 atom stereocenters. The van der Waals surface area contributed by atoms with Gasteiger partial charge in [-0.1, -0.05) is 25.1 Å². The molecule has 1 aromatic carbocycles. The first-order chi connectivity index (χ1) is 10.1. The normalized spacial score (nSPS) is 16.8. The summed E-state index contributed by atoms with van der Waals surface area (Å²) in [6, 6.07) is 10.5. The molecule has 5 heteroatoms. The van der Waals surface area contributed by atoms with Crippen molar-refractivity contribution < 1.29 is 19.1 Å². The van der Waals surface area contributed by atoms with Crippen LogP contribution >= 0.6 is 0 Å². The summed E-state index contributed by atoms with van der Waals surface area (Å²) in [5, 5.41) is 9.31. The number of furan rings is 1. The number of hydrogen-bond acceptors (Lipinski definition) is 3. The number of carbonyl (C=O) groups excluding carboxylic acids is 1. The number of fused-ring (bicyclic) bond motifs is 1. The van der Waals surface area contributed by atoms with Crippen molar-refractivity contribution in [3.63, 3.8) is 0 Å². The van der Waals surface area contributed by atoms with Crippen LogP contribution in [0.25, 0.3) is 0 Å². The van der Waals surface area contributed by atoms with E-state index in [0.717, 1.165) is 5.76 Å². The molecule has 1 aliphatic heterocycles. The highest BCUT2D eigenvalue weighted by atomic mass is 16.4. The van der Waals surface area contributed by atoms with Gasteiger partial charge >= 0.3 is 5.97 Å². The fourth-order valence-electron chi connectivity index (χ4n) is 2.63. The van der Waals surface area contributed by atoms with Crippen LogP contribution in [0, 0.1) is 0 Å². The van der Waals surface area contributed by atoms with E-state index < -0.39 is 11.9 Å². The first-order valence-corrected chi connectivity index (χ1v) is 6.84. The monoisotopic (exact) mass is 285 g/mol. The quantitative estimate of drug-likeness (QED) is 0.941. The highest BCUT2D eigenvalue weighted by Crippen LogP contribution is 2.37. The van der Waals surface area contributed by atoms with E-state index in [1.54, 1.807) is 36.4 Å². The Morgan fingerprint density at radius 1 is 1.29 bits per heavy atom. The van der Waals surface area contributed by atoms with E-state index in [1.165, 1.54) is 4.90 Å². The van der Waals surface area contributed by atoms with Crippen LogP contribution in [0.2, 0.25) is 0 Å². The molecule has 3 rings (SSSR count). The van der Waals surface area contributed by atoms with Gasteiger partial charge in [-0.25, -0.2) is 0 Å². The summed E-state index contributed by atoms with van der Waals surface area (Å²) in [6.07, 6.45) is 0.710. The second kappa shape index (κ2) is 5.09. The van der Waals surface area contributed by atoms with Gasteiger partial charge in [0.2, 0.25) is 0 Å². The third-order valence-electron chi connectivity index (χ3n) is 3.73. The van der Waals surface area contributed by atoms with Crippen molar-refractivity contribution in [1.29, 1.82) is 0 Å². The van der Waals surface area contributed by atoms with Crippen LogP contribution in [0.15, 0.2) is 40.8 Å². The number of carboxylic acids is 1. The number of para-hydroxylation sites is 1. The van der Waals surface area contributed by atoms with Gasteiger partial charge in [-0.3, -0.25) is 9.59 Å². The predicted octanol–water partition coefficient (Wildman–Crippen LogP) is 2.67. The number of benzene rings is 1. The van der Waals surface area contributed by atoms with Crippen molar-refractivity contribution in [3.8, 4) is 0 Å². The molecule has 0 radical (unpaired) electrons. The molecule has 0 saturated carbocycles. The largest absolute Gasteiger partial charge is 0.481 e. The van der Waals surface area contributed by atoms with Crippen LogP contribution in [0.5, 0.6) is 0 Å². The van der Waals surface area contributed by atoms with E-state index in [9.17, 15) is 14.7 Å². The molecule has 0 unspecified atom stereocenters. The zero-order valence-electron chi connectivity index (χ0n) is 11.6. The summed E-state index contributed by atoms with van der Waals surface area (Å²) >= 11 is 0. The third-order valence-corrected chi connectivity index (χ3v) is 3.73. The summed E-state index contributed by atoms with van der Waals surface area (Å²) < 4.78 is 5.48. The Balaban J connectivity index is 1.96. The second-order valence-corrected chi connectivity index (χ2v) is 4.98. The number of nitrogens with zero attached hydrogens (tertiary/aromatic N) is 1. The average Bonchev–Trinajstić information content (AvgIpc) is 3.11. The van der Waals surface area contributed by atoms with Crippen molar-refractivity contribution in [2.75, 3.05) is 11.4 Å². The Hall–Kier alpha value is -2.56. The molecule has 1 N–H and O–H groups in total. The maximum atomic E-state index is 12.5. The van der Waals surface area contributed by atoms with Gasteiger partial charge < -0.3 is 14.4 Å². The van der Waals surface area contributed by atoms with Crippen LogP contribution in [-0.4, -0.2) is 23.5 Å². The Labute approximate surface area is 121 Å². The molecule has 0 saturated heterocycles. The van der Waals surface area contributed by atoms with Gasteiger partial charge in [0.25, 0.3) is 5.91 Å². The highest BCUT2D eigenvalue weighted by Gasteiger charge is 2.37. The van der Waals surface area contributed by atoms with Gasteiger partial charge in [0, 0.05) is 18.7 Å². The molecule has 1 amide bonds. The topological polar surface area (TPSA) is 70.8 Å². The Bertz CT molecular complexity index is 704. The number of carbonyl (C=O) groups is 2. The van der Waals surface area contributed by atoms with E-state index in [0.29, 0.717) is 17.7 Å². The number of rotatable bonds is 3. The minimum atomic E-state index is -0.925. The van der Waals surface area contributed by atoms with Gasteiger partial charge in [-0.15, -0.1) is 0 Å². The number of carboxylic acid groups (broad SMARTS) is 1. The minimum Gasteiger partial charge on any atom is -0.481 e. The molecule has 108 valence electrons. The SMILES string of the molecule is CCc1ccc(C(=O)N2C[C@@H](C(=O)O)c3ccccc32)o1. The molecule has 0 aliphatic carbocycles. The average molecular weight is 285 g/mol. The van der Waals surface area contributed by atoms with Gasteiger partial charge in [-0.2, -0.15) is 0 Å². The molecule has 2 heterocycles. The van der Waals surface area contributed by atoms with Crippen LogP contribution in [0.1, 0.15) is 34.7 Å². The third kappa shape index (κ3) is 2.20. The van der Waals surface area contributed by atoms with Gasteiger partial charge in [0.05, 0.1) is 0 Å². The maximum Gasteiger partial charge on any atom is 0.312 e. The van der Waals surface area contributed by atoms with Crippen molar-refractivity contribution in [1.82, 2.24) is 0 Å².